The number of rotatable bonds is 6. The molecular weight excluding hydrogens is 268 g/mol. The lowest BCUT2D eigenvalue weighted by atomic mass is 10.0. The molecule has 0 amide bonds. The summed E-state index contributed by atoms with van der Waals surface area (Å²) in [6, 6.07) is 16.1. The maximum Gasteiger partial charge on any atom is 0.137 e. The van der Waals surface area contributed by atoms with E-state index in [0.29, 0.717) is 17.9 Å². The largest absolute Gasteiger partial charge is 0.299 e. The molecule has 0 saturated heterocycles. The molecule has 0 spiro atoms. The molecule has 0 fully saturated rings. The quantitative estimate of drug-likeness (QED) is 0.747. The van der Waals surface area contributed by atoms with Crippen molar-refractivity contribution in [3.63, 3.8) is 0 Å². The van der Waals surface area contributed by atoms with E-state index in [1.54, 1.807) is 0 Å². The van der Waals surface area contributed by atoms with Gasteiger partial charge in [0.2, 0.25) is 0 Å². The highest BCUT2D eigenvalue weighted by atomic mass is 35.5. The maximum atomic E-state index is 12.0. The molecule has 0 aliphatic heterocycles. The Balaban J connectivity index is 1.81. The van der Waals surface area contributed by atoms with Crippen molar-refractivity contribution in [2.45, 2.75) is 32.6 Å². The summed E-state index contributed by atoms with van der Waals surface area (Å²) in [4.78, 5) is 12.0. The van der Waals surface area contributed by atoms with Gasteiger partial charge in [-0.1, -0.05) is 54.1 Å². The second-order valence-electron chi connectivity index (χ2n) is 5.15. The Kier molecular flexibility index (Phi) is 5.37. The smallest absolute Gasteiger partial charge is 0.137 e. The zero-order valence-corrected chi connectivity index (χ0v) is 12.5. The van der Waals surface area contributed by atoms with Crippen molar-refractivity contribution >= 4 is 17.4 Å². The van der Waals surface area contributed by atoms with Gasteiger partial charge in [0.25, 0.3) is 0 Å². The molecule has 0 bridgehead atoms. The van der Waals surface area contributed by atoms with Crippen LogP contribution in [-0.4, -0.2) is 5.78 Å². The lowest BCUT2D eigenvalue weighted by molar-refractivity contribution is -0.118. The number of hydrogen-bond acceptors (Lipinski definition) is 1. The predicted octanol–water partition coefficient (Wildman–Crippen LogP) is 4.78. The number of hydrogen-bond donors (Lipinski definition) is 0. The molecule has 0 radical (unpaired) electrons. The van der Waals surface area contributed by atoms with E-state index in [4.69, 9.17) is 11.6 Å². The minimum Gasteiger partial charge on any atom is -0.299 e. The highest BCUT2D eigenvalue weighted by Gasteiger charge is 2.07. The van der Waals surface area contributed by atoms with Gasteiger partial charge in [-0.15, -0.1) is 0 Å². The van der Waals surface area contributed by atoms with Crippen LogP contribution in [0.4, 0.5) is 0 Å². The van der Waals surface area contributed by atoms with Crippen molar-refractivity contribution < 1.29 is 4.79 Å². The summed E-state index contributed by atoms with van der Waals surface area (Å²) in [5.41, 5.74) is 3.34. The van der Waals surface area contributed by atoms with Gasteiger partial charge in [0.05, 0.1) is 0 Å². The van der Waals surface area contributed by atoms with Crippen LogP contribution in [0.25, 0.3) is 0 Å². The van der Waals surface area contributed by atoms with Crippen LogP contribution in [-0.2, 0) is 17.6 Å². The Hall–Kier alpha value is -1.60. The zero-order chi connectivity index (χ0) is 14.4. The van der Waals surface area contributed by atoms with Crippen molar-refractivity contribution in [3.8, 4) is 0 Å². The van der Waals surface area contributed by atoms with E-state index in [-0.39, 0.29) is 5.78 Å². The first kappa shape index (κ1) is 14.8. The Bertz CT molecular complexity index is 575. The number of carbonyl (C=O) groups is 1. The third kappa shape index (κ3) is 4.50. The minimum absolute atomic E-state index is 0.256. The van der Waals surface area contributed by atoms with E-state index in [1.165, 1.54) is 5.56 Å². The summed E-state index contributed by atoms with van der Waals surface area (Å²) in [5, 5.41) is 0.696. The lowest BCUT2D eigenvalue weighted by Crippen LogP contribution is -2.04. The summed E-state index contributed by atoms with van der Waals surface area (Å²) >= 11 is 6.15. The normalized spacial score (nSPS) is 10.5. The number of Topliss-reactive ketones (excluding diaryl/α,β-unsaturated/α-hetero) is 1. The summed E-state index contributed by atoms with van der Waals surface area (Å²) < 4.78 is 0. The van der Waals surface area contributed by atoms with Gasteiger partial charge in [0.15, 0.2) is 0 Å². The SMILES string of the molecule is Cc1ccc(CC(=O)CCCc2ccccc2)c(Cl)c1. The van der Waals surface area contributed by atoms with E-state index < -0.39 is 0 Å². The number of carbonyl (C=O) groups excluding carboxylic acids is 1. The standard InChI is InChI=1S/C18H19ClO/c1-14-10-11-16(18(19)12-14)13-17(20)9-5-8-15-6-3-2-4-7-15/h2-4,6-7,10-12H,5,8-9,13H2,1H3. The monoisotopic (exact) mass is 286 g/mol. The predicted molar refractivity (Wildman–Crippen MR) is 84.3 cm³/mol. The Morgan fingerprint density at radius 2 is 1.85 bits per heavy atom. The molecule has 2 aromatic carbocycles. The van der Waals surface area contributed by atoms with Gasteiger partial charge < -0.3 is 0 Å². The maximum absolute atomic E-state index is 12.0. The average Bonchev–Trinajstić information content (AvgIpc) is 2.43. The average molecular weight is 287 g/mol. The Morgan fingerprint density at radius 1 is 1.10 bits per heavy atom. The van der Waals surface area contributed by atoms with Gasteiger partial charge in [0, 0.05) is 17.9 Å². The first-order valence-corrected chi connectivity index (χ1v) is 7.33. The van der Waals surface area contributed by atoms with E-state index in [2.05, 4.69) is 12.1 Å². The van der Waals surface area contributed by atoms with Crippen LogP contribution in [0, 0.1) is 6.92 Å². The summed E-state index contributed by atoms with van der Waals surface area (Å²) in [5.74, 6) is 0.256. The van der Waals surface area contributed by atoms with Crippen molar-refractivity contribution in [2.75, 3.05) is 0 Å². The molecule has 104 valence electrons. The molecule has 2 rings (SSSR count). The molecular formula is C18H19ClO. The number of halogens is 1. The fraction of sp³-hybridized carbons (Fsp3) is 0.278. The summed E-state index contributed by atoms with van der Waals surface area (Å²) in [6.45, 7) is 2.00. The van der Waals surface area contributed by atoms with E-state index in [9.17, 15) is 4.79 Å². The molecule has 0 aliphatic carbocycles. The Labute approximate surface area is 125 Å². The molecule has 2 heteroatoms. The van der Waals surface area contributed by atoms with Gasteiger partial charge in [-0.05, 0) is 42.5 Å². The topological polar surface area (TPSA) is 17.1 Å². The van der Waals surface area contributed by atoms with Gasteiger partial charge in [-0.3, -0.25) is 4.79 Å². The second kappa shape index (κ2) is 7.25. The molecule has 0 atom stereocenters. The molecule has 0 N–H and O–H groups in total. The van der Waals surface area contributed by atoms with Gasteiger partial charge in [0.1, 0.15) is 5.78 Å². The van der Waals surface area contributed by atoms with Crippen molar-refractivity contribution in [2.24, 2.45) is 0 Å². The van der Waals surface area contributed by atoms with Crippen molar-refractivity contribution in [1.82, 2.24) is 0 Å². The molecule has 0 saturated carbocycles. The van der Waals surface area contributed by atoms with E-state index in [0.717, 1.165) is 24.0 Å². The van der Waals surface area contributed by atoms with Crippen LogP contribution < -0.4 is 0 Å². The molecule has 0 aliphatic rings. The summed E-state index contributed by atoms with van der Waals surface area (Å²) in [7, 11) is 0. The van der Waals surface area contributed by atoms with Gasteiger partial charge >= 0.3 is 0 Å². The molecule has 0 heterocycles. The van der Waals surface area contributed by atoms with Crippen LogP contribution >= 0.6 is 11.6 Å². The van der Waals surface area contributed by atoms with E-state index >= 15 is 0 Å². The highest BCUT2D eigenvalue weighted by molar-refractivity contribution is 6.31. The fourth-order valence-corrected chi connectivity index (χ4v) is 2.53. The first-order valence-electron chi connectivity index (χ1n) is 6.96. The van der Waals surface area contributed by atoms with Crippen molar-refractivity contribution in [3.05, 3.63) is 70.2 Å². The molecule has 2 aromatic rings. The van der Waals surface area contributed by atoms with Crippen LogP contribution in [0.3, 0.4) is 0 Å². The zero-order valence-electron chi connectivity index (χ0n) is 11.7. The van der Waals surface area contributed by atoms with Gasteiger partial charge in [-0.2, -0.15) is 0 Å². The van der Waals surface area contributed by atoms with Gasteiger partial charge in [-0.25, -0.2) is 0 Å². The number of benzene rings is 2. The van der Waals surface area contributed by atoms with E-state index in [1.807, 2.05) is 43.3 Å². The molecule has 20 heavy (non-hydrogen) atoms. The molecule has 1 nitrogen and oxygen atoms in total. The minimum atomic E-state index is 0.256. The number of aryl methyl sites for hydroxylation is 2. The van der Waals surface area contributed by atoms with Crippen LogP contribution in [0.5, 0.6) is 0 Å². The Morgan fingerprint density at radius 3 is 2.55 bits per heavy atom. The molecule has 0 unspecified atom stereocenters. The second-order valence-corrected chi connectivity index (χ2v) is 5.56. The van der Waals surface area contributed by atoms with Crippen LogP contribution in [0.15, 0.2) is 48.5 Å². The van der Waals surface area contributed by atoms with Crippen molar-refractivity contribution in [1.29, 1.82) is 0 Å². The first-order chi connectivity index (χ1) is 9.65. The number of ketones is 1. The molecule has 0 aromatic heterocycles. The van der Waals surface area contributed by atoms with Crippen LogP contribution in [0.2, 0.25) is 5.02 Å². The lowest BCUT2D eigenvalue weighted by Gasteiger charge is -2.05. The third-order valence-corrected chi connectivity index (χ3v) is 3.71. The fourth-order valence-electron chi connectivity index (χ4n) is 2.23. The highest BCUT2D eigenvalue weighted by Crippen LogP contribution is 2.19. The van der Waals surface area contributed by atoms with Crippen LogP contribution in [0.1, 0.15) is 29.5 Å². The summed E-state index contributed by atoms with van der Waals surface area (Å²) in [6.07, 6.45) is 2.90. The third-order valence-electron chi connectivity index (χ3n) is 3.36.